The second-order valence-electron chi connectivity index (χ2n) is 5.45. The summed E-state index contributed by atoms with van der Waals surface area (Å²) in [4.78, 5) is 22.1. The molecule has 3 aromatic rings. The molecule has 0 aliphatic carbocycles. The molecule has 2 aromatic carbocycles. The van der Waals surface area contributed by atoms with Gasteiger partial charge in [0, 0.05) is 23.8 Å². The monoisotopic (exact) mass is 384 g/mol. The van der Waals surface area contributed by atoms with Crippen LogP contribution >= 0.6 is 11.6 Å². The number of esters is 1. The van der Waals surface area contributed by atoms with Gasteiger partial charge in [-0.05, 0) is 17.7 Å². The molecule has 136 valence electrons. The maximum absolute atomic E-state index is 11.8. The largest absolute Gasteiger partial charge is 0.454 e. The molecule has 0 radical (unpaired) electrons. The Kier molecular flexibility index (Phi) is 5.63. The van der Waals surface area contributed by atoms with E-state index >= 15 is 0 Å². The molecule has 27 heavy (non-hydrogen) atoms. The first-order valence-corrected chi connectivity index (χ1v) is 8.20. The van der Waals surface area contributed by atoms with Crippen LogP contribution in [0.1, 0.15) is 11.3 Å². The normalized spacial score (nSPS) is 10.9. The number of carbonyl (C=O) groups excluding carboxylic acids is 1. The standard InChI is InChI=1S/C19H13ClN2O5/c20-16-8-6-13(10-18(16)22(24)25)7-9-19(23)26-12-15-11-17(21-27-15)14-4-2-1-3-5-14/h1-11H,12H2/b9-7+. The van der Waals surface area contributed by atoms with E-state index in [9.17, 15) is 14.9 Å². The van der Waals surface area contributed by atoms with E-state index < -0.39 is 10.9 Å². The Morgan fingerprint density at radius 1 is 1.22 bits per heavy atom. The fraction of sp³-hybridized carbons (Fsp3) is 0.0526. The molecule has 0 saturated heterocycles. The number of nitro groups is 1. The number of carbonyl (C=O) groups is 1. The highest BCUT2D eigenvalue weighted by atomic mass is 35.5. The number of nitrogens with zero attached hydrogens (tertiary/aromatic N) is 2. The first kappa shape index (κ1) is 18.3. The molecule has 8 heteroatoms. The summed E-state index contributed by atoms with van der Waals surface area (Å²) < 4.78 is 10.2. The fourth-order valence-electron chi connectivity index (χ4n) is 2.25. The predicted octanol–water partition coefficient (Wildman–Crippen LogP) is 4.66. The number of hydrogen-bond donors (Lipinski definition) is 0. The average Bonchev–Trinajstić information content (AvgIpc) is 3.15. The zero-order chi connectivity index (χ0) is 19.2. The van der Waals surface area contributed by atoms with Gasteiger partial charge in [0.2, 0.25) is 0 Å². The van der Waals surface area contributed by atoms with Crippen molar-refractivity contribution >= 4 is 29.3 Å². The van der Waals surface area contributed by atoms with Crippen molar-refractivity contribution in [2.75, 3.05) is 0 Å². The molecular formula is C19H13ClN2O5. The SMILES string of the molecule is O=C(/C=C/c1ccc(Cl)c([N+](=O)[O-])c1)OCc1cc(-c2ccccc2)no1. The summed E-state index contributed by atoms with van der Waals surface area (Å²) in [5, 5.41) is 14.8. The molecule has 0 atom stereocenters. The van der Waals surface area contributed by atoms with Crippen LogP contribution in [0.25, 0.3) is 17.3 Å². The lowest BCUT2D eigenvalue weighted by Gasteiger charge is -1.99. The number of benzene rings is 2. The quantitative estimate of drug-likeness (QED) is 0.265. The molecule has 0 fully saturated rings. The van der Waals surface area contributed by atoms with E-state index in [-0.39, 0.29) is 17.3 Å². The summed E-state index contributed by atoms with van der Waals surface area (Å²) >= 11 is 5.74. The van der Waals surface area contributed by atoms with Crippen molar-refractivity contribution in [3.8, 4) is 11.3 Å². The molecule has 0 spiro atoms. The minimum Gasteiger partial charge on any atom is -0.454 e. The van der Waals surface area contributed by atoms with Crippen molar-refractivity contribution in [2.24, 2.45) is 0 Å². The van der Waals surface area contributed by atoms with Crippen molar-refractivity contribution in [3.05, 3.63) is 87.1 Å². The van der Waals surface area contributed by atoms with Crippen molar-refractivity contribution in [2.45, 2.75) is 6.61 Å². The molecule has 1 aromatic heterocycles. The van der Waals surface area contributed by atoms with Crippen LogP contribution in [0, 0.1) is 10.1 Å². The lowest BCUT2D eigenvalue weighted by Crippen LogP contribution is -1.99. The van der Waals surface area contributed by atoms with Crippen LogP contribution in [0.15, 0.2) is 65.2 Å². The highest BCUT2D eigenvalue weighted by molar-refractivity contribution is 6.32. The summed E-state index contributed by atoms with van der Waals surface area (Å²) in [6, 6.07) is 15.4. The van der Waals surface area contributed by atoms with Gasteiger partial charge in [0.15, 0.2) is 12.4 Å². The van der Waals surface area contributed by atoms with Gasteiger partial charge < -0.3 is 9.26 Å². The van der Waals surface area contributed by atoms with Crippen molar-refractivity contribution < 1.29 is 19.0 Å². The predicted molar refractivity (Wildman–Crippen MR) is 98.9 cm³/mol. The van der Waals surface area contributed by atoms with Gasteiger partial charge in [-0.1, -0.05) is 53.2 Å². The van der Waals surface area contributed by atoms with E-state index in [1.165, 1.54) is 24.3 Å². The second-order valence-corrected chi connectivity index (χ2v) is 5.86. The Labute approximate surface area is 159 Å². The molecule has 3 rings (SSSR count). The van der Waals surface area contributed by atoms with Crippen molar-refractivity contribution in [1.29, 1.82) is 0 Å². The van der Waals surface area contributed by atoms with Gasteiger partial charge in [-0.25, -0.2) is 4.79 Å². The summed E-state index contributed by atoms with van der Waals surface area (Å²) in [6.45, 7) is -0.0796. The Bertz CT molecular complexity index is 998. The van der Waals surface area contributed by atoms with E-state index in [0.717, 1.165) is 5.56 Å². The highest BCUT2D eigenvalue weighted by Gasteiger charge is 2.12. The average molecular weight is 385 g/mol. The molecule has 0 N–H and O–H groups in total. The zero-order valence-corrected chi connectivity index (χ0v) is 14.6. The van der Waals surface area contributed by atoms with Gasteiger partial charge in [0.1, 0.15) is 10.7 Å². The maximum Gasteiger partial charge on any atom is 0.331 e. The Morgan fingerprint density at radius 2 is 2.00 bits per heavy atom. The van der Waals surface area contributed by atoms with Crippen LogP contribution < -0.4 is 0 Å². The van der Waals surface area contributed by atoms with E-state index in [1.807, 2.05) is 30.3 Å². The molecule has 0 aliphatic heterocycles. The summed E-state index contributed by atoms with van der Waals surface area (Å²) in [7, 11) is 0. The smallest absolute Gasteiger partial charge is 0.331 e. The van der Waals surface area contributed by atoms with Crippen LogP contribution in [0.3, 0.4) is 0 Å². The summed E-state index contributed by atoms with van der Waals surface area (Å²) in [5.74, 6) is -0.219. The van der Waals surface area contributed by atoms with Gasteiger partial charge in [-0.3, -0.25) is 10.1 Å². The number of ether oxygens (including phenoxy) is 1. The van der Waals surface area contributed by atoms with E-state index in [1.54, 1.807) is 12.1 Å². The van der Waals surface area contributed by atoms with Gasteiger partial charge in [0.25, 0.3) is 5.69 Å². The first-order valence-electron chi connectivity index (χ1n) is 7.83. The fourth-order valence-corrected chi connectivity index (χ4v) is 2.44. The number of hydrogen-bond acceptors (Lipinski definition) is 6. The number of aromatic nitrogens is 1. The maximum atomic E-state index is 11.8. The van der Waals surface area contributed by atoms with Gasteiger partial charge in [-0.2, -0.15) is 0 Å². The minimum absolute atomic E-state index is 0.0271. The number of nitro benzene ring substituents is 1. The second kappa shape index (κ2) is 8.29. The molecule has 0 unspecified atom stereocenters. The molecule has 0 aliphatic rings. The highest BCUT2D eigenvalue weighted by Crippen LogP contribution is 2.25. The van der Waals surface area contributed by atoms with Crippen LogP contribution in [-0.2, 0) is 16.1 Å². The molecule has 0 saturated carbocycles. The molecule has 1 heterocycles. The van der Waals surface area contributed by atoms with E-state index in [0.29, 0.717) is 17.0 Å². The minimum atomic E-state index is -0.620. The summed E-state index contributed by atoms with van der Waals surface area (Å²) in [5.41, 5.74) is 1.75. The number of halogens is 1. The molecular weight excluding hydrogens is 372 g/mol. The van der Waals surface area contributed by atoms with Crippen LogP contribution in [0.4, 0.5) is 5.69 Å². The van der Waals surface area contributed by atoms with Gasteiger partial charge in [-0.15, -0.1) is 0 Å². The van der Waals surface area contributed by atoms with Gasteiger partial charge >= 0.3 is 5.97 Å². The lowest BCUT2D eigenvalue weighted by atomic mass is 10.1. The van der Waals surface area contributed by atoms with Crippen LogP contribution in [0.2, 0.25) is 5.02 Å². The first-order chi connectivity index (χ1) is 13.0. The molecule has 0 bridgehead atoms. The van der Waals surface area contributed by atoms with Crippen molar-refractivity contribution in [3.63, 3.8) is 0 Å². The lowest BCUT2D eigenvalue weighted by molar-refractivity contribution is -0.384. The Hall–Kier alpha value is -3.45. The van der Waals surface area contributed by atoms with Crippen LogP contribution in [-0.4, -0.2) is 16.0 Å². The Morgan fingerprint density at radius 3 is 2.74 bits per heavy atom. The van der Waals surface area contributed by atoms with Gasteiger partial charge in [0.05, 0.1) is 4.92 Å². The Balaban J connectivity index is 1.59. The third kappa shape index (κ3) is 4.80. The number of rotatable bonds is 6. The van der Waals surface area contributed by atoms with Crippen molar-refractivity contribution in [1.82, 2.24) is 5.16 Å². The van der Waals surface area contributed by atoms with Crippen LogP contribution in [0.5, 0.6) is 0 Å². The molecule has 0 amide bonds. The third-order valence-electron chi connectivity index (χ3n) is 3.56. The topological polar surface area (TPSA) is 95.5 Å². The van der Waals surface area contributed by atoms with E-state index in [4.69, 9.17) is 20.9 Å². The van der Waals surface area contributed by atoms with E-state index in [2.05, 4.69) is 5.16 Å². The summed E-state index contributed by atoms with van der Waals surface area (Å²) in [6.07, 6.45) is 2.57. The third-order valence-corrected chi connectivity index (χ3v) is 3.88. The zero-order valence-electron chi connectivity index (χ0n) is 13.9. The molecule has 7 nitrogen and oxygen atoms in total.